The summed E-state index contributed by atoms with van der Waals surface area (Å²) in [5, 5.41) is 11.2. The van der Waals surface area contributed by atoms with Crippen LogP contribution in [0.15, 0.2) is 29.4 Å². The fraction of sp³-hybridized carbons (Fsp3) is 0.438. The molecule has 1 aromatic heterocycles. The van der Waals surface area contributed by atoms with Crippen molar-refractivity contribution in [1.29, 1.82) is 0 Å². The van der Waals surface area contributed by atoms with Crippen molar-refractivity contribution < 1.29 is 18.3 Å². The first kappa shape index (κ1) is 17.6. The molecule has 3 N–H and O–H groups in total. The molecule has 1 saturated heterocycles. The largest absolute Gasteiger partial charge is 0.388 e. The number of aromatic nitrogens is 2. The molecule has 1 amide bonds. The molecule has 1 aromatic carbocycles. The molecule has 0 saturated carbocycles. The highest BCUT2D eigenvalue weighted by Crippen LogP contribution is 2.31. The van der Waals surface area contributed by atoms with Crippen LogP contribution in [0.3, 0.4) is 0 Å². The van der Waals surface area contributed by atoms with Crippen LogP contribution in [0.5, 0.6) is 0 Å². The maximum absolute atomic E-state index is 11.8. The molecule has 0 bridgehead atoms. The number of aliphatic hydroxyl groups is 1. The minimum atomic E-state index is -3.37. The van der Waals surface area contributed by atoms with Crippen molar-refractivity contribution in [2.24, 2.45) is 5.73 Å². The molecular formula is C16H20N4O4S. The first-order chi connectivity index (χ1) is 11.7. The second-order valence-electron chi connectivity index (χ2n) is 6.54. The van der Waals surface area contributed by atoms with Gasteiger partial charge in [0.15, 0.2) is 9.84 Å². The van der Waals surface area contributed by atoms with Gasteiger partial charge in [0.2, 0.25) is 5.91 Å². The average Bonchev–Trinajstić information content (AvgIpc) is 2.51. The topological polar surface area (TPSA) is 126 Å². The van der Waals surface area contributed by atoms with Crippen LogP contribution in [0.2, 0.25) is 0 Å². The van der Waals surface area contributed by atoms with Crippen LogP contribution in [0.25, 0.3) is 10.9 Å². The van der Waals surface area contributed by atoms with E-state index in [9.17, 15) is 18.3 Å². The lowest BCUT2D eigenvalue weighted by molar-refractivity contribution is -0.123. The zero-order chi connectivity index (χ0) is 18.2. The van der Waals surface area contributed by atoms with Crippen LogP contribution in [-0.4, -0.2) is 54.3 Å². The van der Waals surface area contributed by atoms with Crippen molar-refractivity contribution >= 4 is 32.5 Å². The molecule has 0 radical (unpaired) electrons. The van der Waals surface area contributed by atoms with Gasteiger partial charge in [0.05, 0.1) is 22.4 Å². The fourth-order valence-electron chi connectivity index (χ4n) is 3.27. The van der Waals surface area contributed by atoms with Gasteiger partial charge in [0.25, 0.3) is 0 Å². The second kappa shape index (κ2) is 6.23. The van der Waals surface area contributed by atoms with Gasteiger partial charge in [-0.05, 0) is 31.0 Å². The molecule has 1 unspecified atom stereocenters. The van der Waals surface area contributed by atoms with E-state index in [1.165, 1.54) is 12.4 Å². The van der Waals surface area contributed by atoms with Crippen molar-refractivity contribution in [1.82, 2.24) is 9.97 Å². The summed E-state index contributed by atoms with van der Waals surface area (Å²) >= 11 is 0. The Labute approximate surface area is 145 Å². The third-order valence-electron chi connectivity index (χ3n) is 4.37. The maximum atomic E-state index is 11.8. The SMILES string of the molecule is CS(=O)(=O)c1ccc2ncnc(N3CCCC(O)(CC(N)=O)C3)c2c1. The lowest BCUT2D eigenvalue weighted by atomic mass is 9.89. The van der Waals surface area contributed by atoms with E-state index in [0.29, 0.717) is 36.1 Å². The number of nitrogens with two attached hydrogens (primary N) is 1. The number of benzene rings is 1. The molecule has 0 spiro atoms. The van der Waals surface area contributed by atoms with Crippen LogP contribution in [0, 0.1) is 0 Å². The third-order valence-corrected chi connectivity index (χ3v) is 5.48. The number of primary amides is 1. The number of anilines is 1. The number of hydrogen-bond donors (Lipinski definition) is 2. The van der Waals surface area contributed by atoms with Crippen LogP contribution in [0.1, 0.15) is 19.3 Å². The van der Waals surface area contributed by atoms with E-state index >= 15 is 0 Å². The molecule has 1 fully saturated rings. The summed E-state index contributed by atoms with van der Waals surface area (Å²) < 4.78 is 23.7. The molecular weight excluding hydrogens is 344 g/mol. The van der Waals surface area contributed by atoms with E-state index < -0.39 is 21.3 Å². The highest BCUT2D eigenvalue weighted by atomic mass is 32.2. The molecule has 1 atom stereocenters. The molecule has 25 heavy (non-hydrogen) atoms. The summed E-state index contributed by atoms with van der Waals surface area (Å²) in [5.74, 6) is -0.0191. The summed E-state index contributed by atoms with van der Waals surface area (Å²) in [7, 11) is -3.37. The van der Waals surface area contributed by atoms with E-state index in [2.05, 4.69) is 9.97 Å². The predicted molar refractivity (Wildman–Crippen MR) is 92.9 cm³/mol. The van der Waals surface area contributed by atoms with Gasteiger partial charge in [-0.25, -0.2) is 18.4 Å². The van der Waals surface area contributed by atoms with E-state index in [0.717, 1.165) is 6.26 Å². The number of hydrogen-bond acceptors (Lipinski definition) is 7. The standard InChI is InChI=1S/C16H20N4O4S/c1-25(23,24)11-3-4-13-12(7-11)15(19-10-18-13)20-6-2-5-16(22,9-20)8-14(17)21/h3-4,7,10,22H,2,5-6,8-9H2,1H3,(H2,17,21). The minimum absolute atomic E-state index is 0.124. The average molecular weight is 364 g/mol. The zero-order valence-electron chi connectivity index (χ0n) is 13.8. The van der Waals surface area contributed by atoms with Crippen LogP contribution < -0.4 is 10.6 Å². The number of rotatable bonds is 4. The maximum Gasteiger partial charge on any atom is 0.220 e. The number of piperidine rings is 1. The van der Waals surface area contributed by atoms with Crippen molar-refractivity contribution in [3.8, 4) is 0 Å². The number of nitrogens with zero attached hydrogens (tertiary/aromatic N) is 3. The Bertz CT molecular complexity index is 931. The number of β-amino-alcohol motifs (C(OH)–C–C–N with tert-alkyl or cyclic N) is 1. The zero-order valence-corrected chi connectivity index (χ0v) is 14.7. The van der Waals surface area contributed by atoms with Gasteiger partial charge in [0, 0.05) is 24.7 Å². The fourth-order valence-corrected chi connectivity index (χ4v) is 3.91. The molecule has 0 aliphatic carbocycles. The van der Waals surface area contributed by atoms with Gasteiger partial charge < -0.3 is 15.7 Å². The van der Waals surface area contributed by atoms with Crippen LogP contribution in [0.4, 0.5) is 5.82 Å². The molecule has 3 rings (SSSR count). The van der Waals surface area contributed by atoms with Crippen LogP contribution >= 0.6 is 0 Å². The molecule has 2 heterocycles. The molecule has 2 aromatic rings. The summed E-state index contributed by atoms with van der Waals surface area (Å²) in [4.78, 5) is 21.7. The third kappa shape index (κ3) is 3.72. The Balaban J connectivity index is 2.04. The lowest BCUT2D eigenvalue weighted by Crippen LogP contribution is -2.50. The summed E-state index contributed by atoms with van der Waals surface area (Å²) in [5.41, 5.74) is 4.64. The summed E-state index contributed by atoms with van der Waals surface area (Å²) in [6.45, 7) is 0.835. The first-order valence-corrected chi connectivity index (χ1v) is 9.78. The Morgan fingerprint density at radius 1 is 1.40 bits per heavy atom. The monoisotopic (exact) mass is 364 g/mol. The quantitative estimate of drug-likeness (QED) is 0.795. The van der Waals surface area contributed by atoms with Crippen molar-refractivity contribution in [2.45, 2.75) is 29.8 Å². The van der Waals surface area contributed by atoms with Gasteiger partial charge in [0.1, 0.15) is 12.1 Å². The number of fused-ring (bicyclic) bond motifs is 1. The first-order valence-electron chi connectivity index (χ1n) is 7.88. The minimum Gasteiger partial charge on any atom is -0.388 e. The van der Waals surface area contributed by atoms with Crippen molar-refractivity contribution in [3.63, 3.8) is 0 Å². The predicted octanol–water partition coefficient (Wildman–Crippen LogP) is 0.240. The number of amides is 1. The Morgan fingerprint density at radius 2 is 2.16 bits per heavy atom. The van der Waals surface area contributed by atoms with Gasteiger partial charge in [-0.15, -0.1) is 0 Å². The van der Waals surface area contributed by atoms with Gasteiger partial charge in [-0.2, -0.15) is 0 Å². The van der Waals surface area contributed by atoms with Crippen molar-refractivity contribution in [3.05, 3.63) is 24.5 Å². The smallest absolute Gasteiger partial charge is 0.220 e. The van der Waals surface area contributed by atoms with Gasteiger partial charge >= 0.3 is 0 Å². The van der Waals surface area contributed by atoms with E-state index in [1.807, 2.05) is 4.90 Å². The molecule has 1 aliphatic heterocycles. The molecule has 9 heteroatoms. The number of sulfone groups is 1. The highest BCUT2D eigenvalue weighted by molar-refractivity contribution is 7.90. The molecule has 134 valence electrons. The summed E-state index contributed by atoms with van der Waals surface area (Å²) in [6, 6.07) is 4.69. The van der Waals surface area contributed by atoms with E-state index in [1.54, 1.807) is 12.1 Å². The second-order valence-corrected chi connectivity index (χ2v) is 8.56. The normalized spacial score (nSPS) is 21.4. The van der Waals surface area contributed by atoms with Crippen molar-refractivity contribution in [2.75, 3.05) is 24.2 Å². The Morgan fingerprint density at radius 3 is 2.84 bits per heavy atom. The van der Waals surface area contributed by atoms with E-state index in [4.69, 9.17) is 5.73 Å². The Kier molecular flexibility index (Phi) is 4.38. The number of carbonyl (C=O) groups is 1. The highest BCUT2D eigenvalue weighted by Gasteiger charge is 2.35. The van der Waals surface area contributed by atoms with E-state index in [-0.39, 0.29) is 17.9 Å². The number of carbonyl (C=O) groups excluding carboxylic acids is 1. The van der Waals surface area contributed by atoms with Gasteiger partial charge in [-0.1, -0.05) is 0 Å². The Hall–Kier alpha value is -2.26. The lowest BCUT2D eigenvalue weighted by Gasteiger charge is -2.39. The van der Waals surface area contributed by atoms with Gasteiger partial charge in [-0.3, -0.25) is 4.79 Å². The molecule has 8 nitrogen and oxygen atoms in total. The van der Waals surface area contributed by atoms with Crippen LogP contribution in [-0.2, 0) is 14.6 Å². The summed E-state index contributed by atoms with van der Waals surface area (Å²) in [6.07, 6.45) is 3.57. The molecule has 1 aliphatic rings.